The van der Waals surface area contributed by atoms with E-state index in [9.17, 15) is 4.79 Å². The topological polar surface area (TPSA) is 72.9 Å². The molecule has 1 atom stereocenters. The Morgan fingerprint density at radius 2 is 2.03 bits per heavy atom. The minimum Gasteiger partial charge on any atom is -0.472 e. The molecule has 3 aromatic rings. The van der Waals surface area contributed by atoms with E-state index in [1.807, 2.05) is 54.6 Å². The molecule has 2 aromatic carbocycles. The van der Waals surface area contributed by atoms with Gasteiger partial charge in [0.1, 0.15) is 6.10 Å². The van der Waals surface area contributed by atoms with E-state index >= 15 is 0 Å². The molecule has 2 aliphatic heterocycles. The number of likely N-dealkylation sites (tertiary alicyclic amines) is 1. The number of para-hydroxylation sites is 1. The van der Waals surface area contributed by atoms with Crippen LogP contribution in [0.25, 0.3) is 10.9 Å². The molecule has 1 N–H and O–H groups in total. The van der Waals surface area contributed by atoms with Crippen molar-refractivity contribution in [1.82, 2.24) is 15.2 Å². The van der Waals surface area contributed by atoms with Gasteiger partial charge in [0.25, 0.3) is 0 Å². The minimum absolute atomic E-state index is 0.0556. The van der Waals surface area contributed by atoms with Crippen molar-refractivity contribution in [2.75, 3.05) is 19.9 Å². The molecule has 2 amide bonds. The Balaban J connectivity index is 1.15. The quantitative estimate of drug-likeness (QED) is 0.739. The Morgan fingerprint density at radius 1 is 1.14 bits per heavy atom. The molecule has 1 aromatic heterocycles. The van der Waals surface area contributed by atoms with Crippen molar-refractivity contribution in [2.24, 2.45) is 0 Å². The molecular formula is C22H21N3O4. The summed E-state index contributed by atoms with van der Waals surface area (Å²) in [5, 5.41) is 4.04. The maximum Gasteiger partial charge on any atom is 0.317 e. The van der Waals surface area contributed by atoms with Crippen LogP contribution >= 0.6 is 0 Å². The molecule has 0 radical (unpaired) electrons. The molecule has 5 rings (SSSR count). The first-order valence-electron chi connectivity index (χ1n) is 9.68. The maximum absolute atomic E-state index is 12.5. The predicted octanol–water partition coefficient (Wildman–Crippen LogP) is 3.33. The number of ether oxygens (including phenoxy) is 3. The van der Waals surface area contributed by atoms with Gasteiger partial charge in [-0.15, -0.1) is 0 Å². The number of fused-ring (bicyclic) bond motifs is 2. The number of amides is 2. The van der Waals surface area contributed by atoms with Gasteiger partial charge in [-0.2, -0.15) is 0 Å². The van der Waals surface area contributed by atoms with E-state index in [0.29, 0.717) is 31.3 Å². The summed E-state index contributed by atoms with van der Waals surface area (Å²) in [6, 6.07) is 17.4. The van der Waals surface area contributed by atoms with Crippen LogP contribution in [0.3, 0.4) is 0 Å². The molecule has 0 aliphatic carbocycles. The highest BCUT2D eigenvalue weighted by molar-refractivity contribution is 5.78. The Labute approximate surface area is 168 Å². The minimum atomic E-state index is -0.0970. The number of benzene rings is 2. The summed E-state index contributed by atoms with van der Waals surface area (Å²) in [5.41, 5.74) is 1.87. The fourth-order valence-electron chi connectivity index (χ4n) is 3.63. The SMILES string of the molecule is O=C(NCc1ccc2c(c1)OCO2)N1CCC(Oc2ccc3ccccc3n2)C1. The van der Waals surface area contributed by atoms with Crippen LogP contribution in [0.4, 0.5) is 4.79 Å². The molecular weight excluding hydrogens is 370 g/mol. The number of hydrogen-bond donors (Lipinski definition) is 1. The number of carbonyl (C=O) groups excluding carboxylic acids is 1. The number of rotatable bonds is 4. The monoisotopic (exact) mass is 391 g/mol. The van der Waals surface area contributed by atoms with Crippen LogP contribution in [0.2, 0.25) is 0 Å². The Kier molecular flexibility index (Phi) is 4.56. The van der Waals surface area contributed by atoms with Gasteiger partial charge in [0, 0.05) is 31.0 Å². The number of nitrogens with one attached hydrogen (secondary N) is 1. The highest BCUT2D eigenvalue weighted by Gasteiger charge is 2.28. The van der Waals surface area contributed by atoms with Gasteiger partial charge in [-0.1, -0.05) is 24.3 Å². The van der Waals surface area contributed by atoms with Crippen LogP contribution in [-0.2, 0) is 6.54 Å². The molecule has 0 spiro atoms. The molecule has 0 saturated carbocycles. The molecule has 1 saturated heterocycles. The molecule has 1 fully saturated rings. The van der Waals surface area contributed by atoms with E-state index in [4.69, 9.17) is 14.2 Å². The summed E-state index contributed by atoms with van der Waals surface area (Å²) >= 11 is 0. The van der Waals surface area contributed by atoms with Gasteiger partial charge in [-0.3, -0.25) is 0 Å². The van der Waals surface area contributed by atoms with E-state index in [-0.39, 0.29) is 18.9 Å². The summed E-state index contributed by atoms with van der Waals surface area (Å²) in [7, 11) is 0. The van der Waals surface area contributed by atoms with Gasteiger partial charge in [0.2, 0.25) is 12.7 Å². The number of nitrogens with zero attached hydrogens (tertiary/aromatic N) is 2. The second-order valence-corrected chi connectivity index (χ2v) is 7.16. The van der Waals surface area contributed by atoms with Crippen molar-refractivity contribution in [3.05, 3.63) is 60.2 Å². The van der Waals surface area contributed by atoms with Crippen LogP contribution in [0.5, 0.6) is 17.4 Å². The largest absolute Gasteiger partial charge is 0.472 e. The summed E-state index contributed by atoms with van der Waals surface area (Å²) in [6.45, 7) is 1.88. The molecule has 148 valence electrons. The fraction of sp³-hybridized carbons (Fsp3) is 0.273. The molecule has 0 bridgehead atoms. The van der Waals surface area contributed by atoms with Crippen LogP contribution in [0.15, 0.2) is 54.6 Å². The van der Waals surface area contributed by atoms with E-state index in [1.54, 1.807) is 4.90 Å². The fourth-order valence-corrected chi connectivity index (χ4v) is 3.63. The molecule has 3 heterocycles. The summed E-state index contributed by atoms with van der Waals surface area (Å²) in [4.78, 5) is 18.8. The number of pyridine rings is 1. The summed E-state index contributed by atoms with van der Waals surface area (Å²) < 4.78 is 16.7. The van der Waals surface area contributed by atoms with Gasteiger partial charge < -0.3 is 24.4 Å². The average Bonchev–Trinajstić information content (AvgIpc) is 3.41. The highest BCUT2D eigenvalue weighted by atomic mass is 16.7. The first-order valence-corrected chi connectivity index (χ1v) is 9.68. The first kappa shape index (κ1) is 17.6. The van der Waals surface area contributed by atoms with Crippen molar-refractivity contribution in [3.8, 4) is 17.4 Å². The van der Waals surface area contributed by atoms with E-state index in [0.717, 1.165) is 28.6 Å². The molecule has 1 unspecified atom stereocenters. The zero-order valence-electron chi connectivity index (χ0n) is 15.8. The lowest BCUT2D eigenvalue weighted by Gasteiger charge is -2.18. The second-order valence-electron chi connectivity index (χ2n) is 7.16. The van der Waals surface area contributed by atoms with Gasteiger partial charge >= 0.3 is 6.03 Å². The third-order valence-corrected chi connectivity index (χ3v) is 5.17. The lowest BCUT2D eigenvalue weighted by molar-refractivity contribution is 0.174. The predicted molar refractivity (Wildman–Crippen MR) is 107 cm³/mol. The Morgan fingerprint density at radius 3 is 3.00 bits per heavy atom. The lowest BCUT2D eigenvalue weighted by atomic mass is 10.2. The highest BCUT2D eigenvalue weighted by Crippen LogP contribution is 2.32. The van der Waals surface area contributed by atoms with Crippen LogP contribution in [0.1, 0.15) is 12.0 Å². The Bertz CT molecular complexity index is 1060. The third-order valence-electron chi connectivity index (χ3n) is 5.17. The Hall–Kier alpha value is -3.48. The van der Waals surface area contributed by atoms with Crippen LogP contribution in [-0.4, -0.2) is 41.9 Å². The van der Waals surface area contributed by atoms with E-state index in [2.05, 4.69) is 10.3 Å². The zero-order chi connectivity index (χ0) is 19.6. The normalized spacial score (nSPS) is 17.5. The van der Waals surface area contributed by atoms with Crippen LogP contribution < -0.4 is 19.5 Å². The average molecular weight is 391 g/mol. The number of hydrogen-bond acceptors (Lipinski definition) is 5. The summed E-state index contributed by atoms with van der Waals surface area (Å²) in [5.74, 6) is 2.05. The van der Waals surface area contributed by atoms with Gasteiger partial charge in [-0.25, -0.2) is 9.78 Å². The van der Waals surface area contributed by atoms with Gasteiger partial charge in [-0.05, 0) is 29.8 Å². The van der Waals surface area contributed by atoms with Gasteiger partial charge in [0.15, 0.2) is 11.5 Å². The molecule has 7 heteroatoms. The van der Waals surface area contributed by atoms with Crippen molar-refractivity contribution >= 4 is 16.9 Å². The van der Waals surface area contributed by atoms with Crippen molar-refractivity contribution in [1.29, 1.82) is 0 Å². The molecule has 2 aliphatic rings. The van der Waals surface area contributed by atoms with Crippen LogP contribution in [0, 0.1) is 0 Å². The van der Waals surface area contributed by atoms with E-state index in [1.165, 1.54) is 0 Å². The third kappa shape index (κ3) is 3.76. The molecule has 7 nitrogen and oxygen atoms in total. The van der Waals surface area contributed by atoms with Gasteiger partial charge in [0.05, 0.1) is 12.1 Å². The van der Waals surface area contributed by atoms with E-state index < -0.39 is 0 Å². The van der Waals surface area contributed by atoms with Crippen molar-refractivity contribution < 1.29 is 19.0 Å². The zero-order valence-corrected chi connectivity index (χ0v) is 15.8. The summed E-state index contributed by atoms with van der Waals surface area (Å²) in [6.07, 6.45) is 0.728. The number of urea groups is 1. The maximum atomic E-state index is 12.5. The molecule has 29 heavy (non-hydrogen) atoms. The smallest absolute Gasteiger partial charge is 0.317 e. The second kappa shape index (κ2) is 7.50. The van der Waals surface area contributed by atoms with Crippen molar-refractivity contribution in [2.45, 2.75) is 19.1 Å². The number of carbonyl (C=O) groups is 1. The standard InChI is InChI=1S/C22H21N3O4/c26-22(23-12-15-5-7-19-20(11-15)28-14-27-19)25-10-9-17(13-25)29-21-8-6-16-3-1-2-4-18(16)24-21/h1-8,11,17H,9-10,12-14H2,(H,23,26). The van der Waals surface area contributed by atoms with Crippen molar-refractivity contribution in [3.63, 3.8) is 0 Å². The lowest BCUT2D eigenvalue weighted by Crippen LogP contribution is -2.39. The first-order chi connectivity index (χ1) is 14.2. The number of aromatic nitrogens is 1.